The quantitative estimate of drug-likeness (QED) is 0.704. The van der Waals surface area contributed by atoms with Crippen molar-refractivity contribution in [3.63, 3.8) is 0 Å². The van der Waals surface area contributed by atoms with Crippen LogP contribution in [0.5, 0.6) is 0 Å². The molecule has 3 atom stereocenters. The van der Waals surface area contributed by atoms with Gasteiger partial charge in [-0.25, -0.2) is 0 Å². The first-order valence-electron chi connectivity index (χ1n) is 6.47. The smallest absolute Gasteiger partial charge is 0.00698 e. The van der Waals surface area contributed by atoms with Gasteiger partial charge in [-0.2, -0.15) is 0 Å². The van der Waals surface area contributed by atoms with Crippen LogP contribution in [0.25, 0.3) is 0 Å². The van der Waals surface area contributed by atoms with E-state index in [-0.39, 0.29) is 0 Å². The van der Waals surface area contributed by atoms with Crippen molar-refractivity contribution in [2.45, 2.75) is 45.6 Å². The second-order valence-electron chi connectivity index (χ2n) is 5.58. The molecule has 90 valence electrons. The molecule has 0 aromatic carbocycles. The molecule has 0 unspecified atom stereocenters. The van der Waals surface area contributed by atoms with Crippen molar-refractivity contribution in [3.05, 3.63) is 0 Å². The molecule has 0 saturated heterocycles. The highest BCUT2D eigenvalue weighted by Gasteiger charge is 2.23. The number of hydrogen-bond donors (Lipinski definition) is 1. The van der Waals surface area contributed by atoms with E-state index in [0.29, 0.717) is 0 Å². The summed E-state index contributed by atoms with van der Waals surface area (Å²) >= 11 is 0. The second-order valence-corrected chi connectivity index (χ2v) is 5.58. The Morgan fingerprint density at radius 2 is 1.87 bits per heavy atom. The summed E-state index contributed by atoms with van der Waals surface area (Å²) in [5, 5.41) is 3.70. The van der Waals surface area contributed by atoms with Crippen LogP contribution in [-0.4, -0.2) is 38.1 Å². The molecule has 15 heavy (non-hydrogen) atoms. The zero-order valence-corrected chi connectivity index (χ0v) is 10.9. The van der Waals surface area contributed by atoms with Crippen LogP contribution in [0.1, 0.15) is 39.5 Å². The monoisotopic (exact) mass is 212 g/mol. The highest BCUT2D eigenvalue weighted by molar-refractivity contribution is 4.79. The number of hydrogen-bond acceptors (Lipinski definition) is 2. The Morgan fingerprint density at radius 3 is 2.47 bits per heavy atom. The fourth-order valence-electron chi connectivity index (χ4n) is 2.43. The van der Waals surface area contributed by atoms with Gasteiger partial charge in [0.1, 0.15) is 0 Å². The first-order valence-corrected chi connectivity index (χ1v) is 6.47. The van der Waals surface area contributed by atoms with Crippen molar-refractivity contribution in [1.82, 2.24) is 10.2 Å². The molecule has 0 aromatic rings. The van der Waals surface area contributed by atoms with Crippen molar-refractivity contribution in [2.75, 3.05) is 27.2 Å². The number of rotatable bonds is 5. The Labute approximate surface area is 95.4 Å². The lowest BCUT2D eigenvalue weighted by atomic mass is 9.79. The Kier molecular flexibility index (Phi) is 5.62. The van der Waals surface area contributed by atoms with Gasteiger partial charge in [0.25, 0.3) is 0 Å². The van der Waals surface area contributed by atoms with Gasteiger partial charge in [0.15, 0.2) is 0 Å². The van der Waals surface area contributed by atoms with Crippen molar-refractivity contribution in [2.24, 2.45) is 11.8 Å². The molecule has 1 rings (SSSR count). The normalized spacial score (nSPS) is 32.2. The first-order chi connectivity index (χ1) is 7.09. The van der Waals surface area contributed by atoms with E-state index in [1.54, 1.807) is 0 Å². The van der Waals surface area contributed by atoms with Crippen LogP contribution in [0.2, 0.25) is 0 Å². The summed E-state index contributed by atoms with van der Waals surface area (Å²) in [6.45, 7) is 7.18. The molecule has 1 fully saturated rings. The summed E-state index contributed by atoms with van der Waals surface area (Å²) in [5.74, 6) is 1.84. The molecule has 0 spiro atoms. The van der Waals surface area contributed by atoms with E-state index in [1.807, 2.05) is 0 Å². The van der Waals surface area contributed by atoms with Gasteiger partial charge in [0.05, 0.1) is 0 Å². The van der Waals surface area contributed by atoms with Gasteiger partial charge in [0, 0.05) is 6.04 Å². The molecule has 0 radical (unpaired) electrons. The average molecular weight is 212 g/mol. The van der Waals surface area contributed by atoms with E-state index in [1.165, 1.54) is 38.8 Å². The Balaban J connectivity index is 2.07. The molecule has 0 bridgehead atoms. The highest BCUT2D eigenvalue weighted by atomic mass is 15.1. The van der Waals surface area contributed by atoms with E-state index in [4.69, 9.17) is 0 Å². The minimum atomic E-state index is 0.790. The fraction of sp³-hybridized carbons (Fsp3) is 1.00. The zero-order chi connectivity index (χ0) is 11.3. The van der Waals surface area contributed by atoms with Crippen molar-refractivity contribution >= 4 is 0 Å². The summed E-state index contributed by atoms with van der Waals surface area (Å²) in [6, 6.07) is 0.790. The SMILES string of the molecule is C[C@H]1CC[C@H](NCCCN(C)C)C[C@@H]1C. The van der Waals surface area contributed by atoms with Crippen molar-refractivity contribution in [3.8, 4) is 0 Å². The van der Waals surface area contributed by atoms with Crippen LogP contribution in [0.15, 0.2) is 0 Å². The molecular weight excluding hydrogens is 184 g/mol. The minimum absolute atomic E-state index is 0.790. The van der Waals surface area contributed by atoms with E-state index in [2.05, 4.69) is 38.2 Å². The molecule has 1 aliphatic carbocycles. The molecule has 0 aromatic heterocycles. The molecule has 2 heteroatoms. The number of nitrogens with zero attached hydrogens (tertiary/aromatic N) is 1. The van der Waals surface area contributed by atoms with Crippen LogP contribution in [0.4, 0.5) is 0 Å². The Morgan fingerprint density at radius 1 is 1.13 bits per heavy atom. The third-order valence-corrected chi connectivity index (χ3v) is 3.81. The van der Waals surface area contributed by atoms with Gasteiger partial charge in [0.2, 0.25) is 0 Å². The minimum Gasteiger partial charge on any atom is -0.314 e. The molecule has 0 aliphatic heterocycles. The predicted octanol–water partition coefficient (Wildman–Crippen LogP) is 2.35. The van der Waals surface area contributed by atoms with Gasteiger partial charge in [-0.3, -0.25) is 0 Å². The maximum atomic E-state index is 3.70. The maximum absolute atomic E-state index is 3.70. The van der Waals surface area contributed by atoms with Gasteiger partial charge in [-0.15, -0.1) is 0 Å². The van der Waals surface area contributed by atoms with Crippen molar-refractivity contribution in [1.29, 1.82) is 0 Å². The van der Waals surface area contributed by atoms with Crippen LogP contribution in [0.3, 0.4) is 0 Å². The van der Waals surface area contributed by atoms with Gasteiger partial charge in [-0.05, 0) is 64.7 Å². The van der Waals surface area contributed by atoms with E-state index in [9.17, 15) is 0 Å². The number of nitrogens with one attached hydrogen (secondary N) is 1. The van der Waals surface area contributed by atoms with Gasteiger partial charge >= 0.3 is 0 Å². The van der Waals surface area contributed by atoms with E-state index < -0.39 is 0 Å². The summed E-state index contributed by atoms with van der Waals surface area (Å²) in [4.78, 5) is 2.26. The summed E-state index contributed by atoms with van der Waals surface area (Å²) < 4.78 is 0. The maximum Gasteiger partial charge on any atom is 0.00698 e. The lowest BCUT2D eigenvalue weighted by molar-refractivity contribution is 0.225. The standard InChI is InChI=1S/C13H28N2/c1-11-6-7-13(10-12(11)2)14-8-5-9-15(3)4/h11-14H,5-10H2,1-4H3/t11-,12-,13-/m0/s1. The molecule has 1 saturated carbocycles. The largest absolute Gasteiger partial charge is 0.314 e. The van der Waals surface area contributed by atoms with Crippen LogP contribution < -0.4 is 5.32 Å². The lowest BCUT2D eigenvalue weighted by Gasteiger charge is -2.32. The lowest BCUT2D eigenvalue weighted by Crippen LogP contribution is -2.37. The Hall–Kier alpha value is -0.0800. The van der Waals surface area contributed by atoms with Crippen LogP contribution in [-0.2, 0) is 0 Å². The topological polar surface area (TPSA) is 15.3 Å². The van der Waals surface area contributed by atoms with Gasteiger partial charge in [-0.1, -0.05) is 13.8 Å². The molecular formula is C13H28N2. The molecule has 2 nitrogen and oxygen atoms in total. The summed E-state index contributed by atoms with van der Waals surface area (Å²) in [6.07, 6.45) is 5.44. The summed E-state index contributed by atoms with van der Waals surface area (Å²) in [5.41, 5.74) is 0. The molecule has 1 N–H and O–H groups in total. The molecule has 0 amide bonds. The van der Waals surface area contributed by atoms with Crippen LogP contribution in [0, 0.1) is 11.8 Å². The molecule has 1 aliphatic rings. The van der Waals surface area contributed by atoms with Gasteiger partial charge < -0.3 is 10.2 Å². The van der Waals surface area contributed by atoms with E-state index >= 15 is 0 Å². The van der Waals surface area contributed by atoms with Crippen molar-refractivity contribution < 1.29 is 0 Å². The van der Waals surface area contributed by atoms with E-state index in [0.717, 1.165) is 17.9 Å². The zero-order valence-electron chi connectivity index (χ0n) is 10.9. The highest BCUT2D eigenvalue weighted by Crippen LogP contribution is 2.29. The second kappa shape index (κ2) is 6.49. The first kappa shape index (κ1) is 13.0. The van der Waals surface area contributed by atoms with Crippen LogP contribution >= 0.6 is 0 Å². The Bertz CT molecular complexity index is 168. The fourth-order valence-corrected chi connectivity index (χ4v) is 2.43. The third kappa shape index (κ3) is 4.98. The predicted molar refractivity (Wildman–Crippen MR) is 67.1 cm³/mol. The average Bonchev–Trinajstić information content (AvgIpc) is 2.18. The summed E-state index contributed by atoms with van der Waals surface area (Å²) in [7, 11) is 4.29. The third-order valence-electron chi connectivity index (χ3n) is 3.81. The molecule has 0 heterocycles.